The Hall–Kier alpha value is -0.910. The fourth-order valence-electron chi connectivity index (χ4n) is 1.76. The maximum atomic E-state index is 11.8. The molecule has 1 aliphatic heterocycles. The molecule has 0 aromatic heterocycles. The highest BCUT2D eigenvalue weighted by Gasteiger charge is 2.11. The van der Waals surface area contributed by atoms with E-state index in [0.29, 0.717) is 12.2 Å². The fraction of sp³-hybridized carbons (Fsp3) is 0.417. The normalized spacial score (nSPS) is 16.8. The minimum Gasteiger partial charge on any atom is -0.339 e. The first kappa shape index (κ1) is 12.5. The van der Waals surface area contributed by atoms with Crippen LogP contribution in [0, 0.1) is 0 Å². The van der Waals surface area contributed by atoms with Gasteiger partial charge < -0.3 is 10.6 Å². The van der Waals surface area contributed by atoms with Crippen LogP contribution in [0.25, 0.3) is 0 Å². The van der Waals surface area contributed by atoms with Gasteiger partial charge in [0.2, 0.25) is 0 Å². The molecular weight excluding hydrogens is 282 g/mol. The van der Waals surface area contributed by atoms with E-state index in [0.717, 1.165) is 30.7 Å². The lowest BCUT2D eigenvalue weighted by atomic mass is 10.2. The minimum atomic E-state index is -0.0176. The molecule has 0 saturated carbocycles. The van der Waals surface area contributed by atoms with Crippen molar-refractivity contribution < 1.29 is 4.79 Å². The van der Waals surface area contributed by atoms with Gasteiger partial charge in [0.25, 0.3) is 5.91 Å². The van der Waals surface area contributed by atoms with Crippen LogP contribution in [0.15, 0.2) is 28.7 Å². The molecule has 1 aromatic rings. The molecule has 0 bridgehead atoms. The number of piperazine rings is 1. The van der Waals surface area contributed by atoms with Crippen LogP contribution in [0.1, 0.15) is 10.4 Å². The number of carbonyl (C=O) groups excluding carboxylic acids is 1. The highest BCUT2D eigenvalue weighted by molar-refractivity contribution is 9.10. The summed E-state index contributed by atoms with van der Waals surface area (Å²) in [7, 11) is 0. The van der Waals surface area contributed by atoms with E-state index in [2.05, 4.69) is 31.5 Å². The van der Waals surface area contributed by atoms with Gasteiger partial charge in [0.05, 0.1) is 6.67 Å². The molecule has 0 atom stereocenters. The molecule has 0 spiro atoms. The number of amides is 1. The summed E-state index contributed by atoms with van der Waals surface area (Å²) in [5.74, 6) is -0.0176. The molecule has 1 aromatic carbocycles. The van der Waals surface area contributed by atoms with Crippen LogP contribution in [0.3, 0.4) is 0 Å². The monoisotopic (exact) mass is 297 g/mol. The molecule has 5 heteroatoms. The maximum absolute atomic E-state index is 11.8. The predicted molar refractivity (Wildman–Crippen MR) is 70.9 cm³/mol. The molecule has 4 nitrogen and oxygen atoms in total. The minimum absolute atomic E-state index is 0.0176. The average Bonchev–Trinajstić information content (AvgIpc) is 2.38. The summed E-state index contributed by atoms with van der Waals surface area (Å²) in [5, 5.41) is 6.21. The van der Waals surface area contributed by atoms with Gasteiger partial charge in [-0.25, -0.2) is 0 Å². The van der Waals surface area contributed by atoms with Crippen molar-refractivity contribution in [3.05, 3.63) is 34.3 Å². The molecule has 0 radical (unpaired) electrons. The number of nitrogens with zero attached hydrogens (tertiary/aromatic N) is 1. The largest absolute Gasteiger partial charge is 0.339 e. The van der Waals surface area contributed by atoms with E-state index in [9.17, 15) is 4.79 Å². The zero-order chi connectivity index (χ0) is 12.1. The first-order chi connectivity index (χ1) is 8.25. The smallest absolute Gasteiger partial charge is 0.252 e. The Kier molecular flexibility index (Phi) is 4.53. The molecular formula is C12H16BrN3O. The third kappa shape index (κ3) is 3.80. The summed E-state index contributed by atoms with van der Waals surface area (Å²) in [6.45, 7) is 4.58. The van der Waals surface area contributed by atoms with Crippen molar-refractivity contribution in [2.75, 3.05) is 32.8 Å². The van der Waals surface area contributed by atoms with Crippen molar-refractivity contribution in [2.24, 2.45) is 0 Å². The zero-order valence-electron chi connectivity index (χ0n) is 9.58. The summed E-state index contributed by atoms with van der Waals surface area (Å²) >= 11 is 3.35. The standard InChI is InChI=1S/C12H16BrN3O/c13-11-3-1-10(2-4-11)12(17)15-9-16-7-5-14-6-8-16/h1-4,14H,5-9H2,(H,15,17). The number of hydrogen-bond acceptors (Lipinski definition) is 3. The van der Waals surface area contributed by atoms with Crippen molar-refractivity contribution in [1.29, 1.82) is 0 Å². The van der Waals surface area contributed by atoms with E-state index in [1.54, 1.807) is 0 Å². The quantitative estimate of drug-likeness (QED) is 0.876. The lowest BCUT2D eigenvalue weighted by Crippen LogP contribution is -2.48. The van der Waals surface area contributed by atoms with Crippen molar-refractivity contribution in [3.8, 4) is 0 Å². The van der Waals surface area contributed by atoms with Crippen LogP contribution in [0.4, 0.5) is 0 Å². The molecule has 1 amide bonds. The van der Waals surface area contributed by atoms with Crippen LogP contribution in [0.5, 0.6) is 0 Å². The van der Waals surface area contributed by atoms with E-state index in [1.807, 2.05) is 24.3 Å². The van der Waals surface area contributed by atoms with Crippen LogP contribution in [-0.4, -0.2) is 43.7 Å². The van der Waals surface area contributed by atoms with Gasteiger partial charge in [-0.2, -0.15) is 0 Å². The van der Waals surface area contributed by atoms with E-state index in [1.165, 1.54) is 0 Å². The summed E-state index contributed by atoms with van der Waals surface area (Å²) < 4.78 is 0.983. The van der Waals surface area contributed by atoms with Gasteiger partial charge in [-0.05, 0) is 24.3 Å². The molecule has 1 fully saturated rings. The number of carbonyl (C=O) groups is 1. The zero-order valence-corrected chi connectivity index (χ0v) is 11.2. The SMILES string of the molecule is O=C(NCN1CCNCC1)c1ccc(Br)cc1. The molecule has 0 aliphatic carbocycles. The number of rotatable bonds is 3. The molecule has 2 rings (SSSR count). The first-order valence-corrected chi connectivity index (χ1v) is 6.52. The predicted octanol–water partition coefficient (Wildman–Crippen LogP) is 1.04. The van der Waals surface area contributed by atoms with E-state index in [4.69, 9.17) is 0 Å². The molecule has 1 heterocycles. The first-order valence-electron chi connectivity index (χ1n) is 5.72. The molecule has 92 valence electrons. The van der Waals surface area contributed by atoms with E-state index in [-0.39, 0.29) is 5.91 Å². The Bertz CT molecular complexity index is 374. The molecule has 2 N–H and O–H groups in total. The second kappa shape index (κ2) is 6.14. The van der Waals surface area contributed by atoms with E-state index < -0.39 is 0 Å². The van der Waals surface area contributed by atoms with Crippen molar-refractivity contribution in [2.45, 2.75) is 0 Å². The highest BCUT2D eigenvalue weighted by atomic mass is 79.9. The molecule has 17 heavy (non-hydrogen) atoms. The summed E-state index contributed by atoms with van der Waals surface area (Å²) in [6.07, 6.45) is 0. The van der Waals surface area contributed by atoms with Crippen LogP contribution < -0.4 is 10.6 Å². The van der Waals surface area contributed by atoms with Gasteiger partial charge in [0.1, 0.15) is 0 Å². The average molecular weight is 298 g/mol. The Labute approximate surface area is 110 Å². The molecule has 1 aliphatic rings. The Morgan fingerprint density at radius 2 is 1.94 bits per heavy atom. The van der Waals surface area contributed by atoms with E-state index >= 15 is 0 Å². The number of benzene rings is 1. The lowest BCUT2D eigenvalue weighted by Gasteiger charge is -2.27. The summed E-state index contributed by atoms with van der Waals surface area (Å²) in [4.78, 5) is 14.1. The third-order valence-corrected chi connectivity index (χ3v) is 3.31. The van der Waals surface area contributed by atoms with Crippen molar-refractivity contribution >= 4 is 21.8 Å². The topological polar surface area (TPSA) is 44.4 Å². The van der Waals surface area contributed by atoms with Gasteiger partial charge in [-0.1, -0.05) is 15.9 Å². The molecule has 1 saturated heterocycles. The third-order valence-electron chi connectivity index (χ3n) is 2.78. The second-order valence-corrected chi connectivity index (χ2v) is 4.95. The number of nitrogens with one attached hydrogen (secondary N) is 2. The number of hydrogen-bond donors (Lipinski definition) is 2. The molecule has 0 unspecified atom stereocenters. The van der Waals surface area contributed by atoms with Gasteiger partial charge in [0, 0.05) is 36.2 Å². The summed E-state index contributed by atoms with van der Waals surface area (Å²) in [5.41, 5.74) is 0.698. The van der Waals surface area contributed by atoms with Crippen molar-refractivity contribution in [3.63, 3.8) is 0 Å². The summed E-state index contributed by atoms with van der Waals surface area (Å²) in [6, 6.07) is 7.38. The Morgan fingerprint density at radius 3 is 2.59 bits per heavy atom. The Morgan fingerprint density at radius 1 is 1.29 bits per heavy atom. The lowest BCUT2D eigenvalue weighted by molar-refractivity contribution is 0.0917. The second-order valence-electron chi connectivity index (χ2n) is 4.04. The maximum Gasteiger partial charge on any atom is 0.252 e. The fourth-order valence-corrected chi connectivity index (χ4v) is 2.02. The van der Waals surface area contributed by atoms with Gasteiger partial charge in [0.15, 0.2) is 0 Å². The van der Waals surface area contributed by atoms with Crippen molar-refractivity contribution in [1.82, 2.24) is 15.5 Å². The van der Waals surface area contributed by atoms with Crippen LogP contribution in [-0.2, 0) is 0 Å². The van der Waals surface area contributed by atoms with Crippen LogP contribution in [0.2, 0.25) is 0 Å². The van der Waals surface area contributed by atoms with Gasteiger partial charge >= 0.3 is 0 Å². The number of halogens is 1. The highest BCUT2D eigenvalue weighted by Crippen LogP contribution is 2.10. The Balaban J connectivity index is 1.82. The van der Waals surface area contributed by atoms with Crippen LogP contribution >= 0.6 is 15.9 Å². The van der Waals surface area contributed by atoms with Gasteiger partial charge in [-0.3, -0.25) is 9.69 Å². The van der Waals surface area contributed by atoms with Gasteiger partial charge in [-0.15, -0.1) is 0 Å².